The number of nitrogens with zero attached hydrogens (tertiary/aromatic N) is 1. The van der Waals surface area contributed by atoms with E-state index < -0.39 is 0 Å². The van der Waals surface area contributed by atoms with Crippen molar-refractivity contribution in [2.75, 3.05) is 26.7 Å². The molecule has 20 heavy (non-hydrogen) atoms. The van der Waals surface area contributed by atoms with Crippen molar-refractivity contribution in [2.24, 2.45) is 5.92 Å². The standard InChI is InChI=1S/C17H38N2O/c1-7-16(8-2)19(13-15(3)4)12-10-9-11-17(5,14-20)18-6/h15-16,18,20H,7-14H2,1-6H3. The van der Waals surface area contributed by atoms with Crippen LogP contribution in [0.4, 0.5) is 0 Å². The first-order chi connectivity index (χ1) is 9.42. The lowest BCUT2D eigenvalue weighted by atomic mass is 9.96. The van der Waals surface area contributed by atoms with Crippen molar-refractivity contribution in [1.82, 2.24) is 10.2 Å². The van der Waals surface area contributed by atoms with Gasteiger partial charge in [-0.15, -0.1) is 0 Å². The summed E-state index contributed by atoms with van der Waals surface area (Å²) in [6, 6.07) is 0.728. The van der Waals surface area contributed by atoms with Crippen molar-refractivity contribution in [1.29, 1.82) is 0 Å². The molecule has 0 radical (unpaired) electrons. The number of hydrogen-bond donors (Lipinski definition) is 2. The second-order valence-corrected chi connectivity index (χ2v) is 6.78. The first kappa shape index (κ1) is 19.9. The highest BCUT2D eigenvalue weighted by Gasteiger charge is 2.20. The summed E-state index contributed by atoms with van der Waals surface area (Å²) in [6.45, 7) is 13.9. The Hall–Kier alpha value is -0.120. The van der Waals surface area contributed by atoms with Gasteiger partial charge in [-0.2, -0.15) is 0 Å². The lowest BCUT2D eigenvalue weighted by Gasteiger charge is -2.32. The summed E-state index contributed by atoms with van der Waals surface area (Å²) >= 11 is 0. The van der Waals surface area contributed by atoms with E-state index >= 15 is 0 Å². The monoisotopic (exact) mass is 286 g/mol. The highest BCUT2D eigenvalue weighted by Crippen LogP contribution is 2.16. The van der Waals surface area contributed by atoms with E-state index in [1.165, 1.54) is 38.8 Å². The van der Waals surface area contributed by atoms with Gasteiger partial charge < -0.3 is 15.3 Å². The summed E-state index contributed by atoms with van der Waals surface area (Å²) < 4.78 is 0. The van der Waals surface area contributed by atoms with Crippen LogP contribution in [0.15, 0.2) is 0 Å². The molecule has 1 unspecified atom stereocenters. The minimum absolute atomic E-state index is 0.113. The Bertz CT molecular complexity index is 223. The highest BCUT2D eigenvalue weighted by molar-refractivity contribution is 4.80. The van der Waals surface area contributed by atoms with Gasteiger partial charge in [0.2, 0.25) is 0 Å². The van der Waals surface area contributed by atoms with E-state index in [-0.39, 0.29) is 12.1 Å². The normalized spacial score (nSPS) is 15.3. The largest absolute Gasteiger partial charge is 0.394 e. The second kappa shape index (κ2) is 10.6. The van der Waals surface area contributed by atoms with Crippen molar-refractivity contribution >= 4 is 0 Å². The fraction of sp³-hybridized carbons (Fsp3) is 1.00. The molecule has 0 aliphatic carbocycles. The first-order valence-corrected chi connectivity index (χ1v) is 8.46. The summed E-state index contributed by atoms with van der Waals surface area (Å²) in [4.78, 5) is 2.67. The molecule has 0 fully saturated rings. The van der Waals surface area contributed by atoms with Crippen LogP contribution in [0.1, 0.15) is 66.7 Å². The third kappa shape index (κ3) is 7.61. The molecule has 0 rings (SSSR count). The fourth-order valence-electron chi connectivity index (χ4n) is 2.81. The molecule has 0 amide bonds. The van der Waals surface area contributed by atoms with Crippen molar-refractivity contribution < 1.29 is 5.11 Å². The van der Waals surface area contributed by atoms with E-state index in [9.17, 15) is 5.11 Å². The SMILES string of the molecule is CCC(CC)N(CCCCC(C)(CO)NC)CC(C)C. The van der Waals surface area contributed by atoms with Gasteiger partial charge in [0, 0.05) is 18.1 Å². The van der Waals surface area contributed by atoms with E-state index in [2.05, 4.69) is 44.8 Å². The number of aliphatic hydroxyl groups is 1. The summed E-state index contributed by atoms with van der Waals surface area (Å²) in [5, 5.41) is 12.6. The van der Waals surface area contributed by atoms with Crippen LogP contribution in [-0.4, -0.2) is 48.3 Å². The van der Waals surface area contributed by atoms with Gasteiger partial charge in [0.1, 0.15) is 0 Å². The molecule has 2 N–H and O–H groups in total. The minimum Gasteiger partial charge on any atom is -0.394 e. The topological polar surface area (TPSA) is 35.5 Å². The molecule has 0 bridgehead atoms. The minimum atomic E-state index is -0.113. The molecule has 0 heterocycles. The van der Waals surface area contributed by atoms with E-state index in [1.54, 1.807) is 0 Å². The molecule has 0 aromatic rings. The predicted molar refractivity (Wildman–Crippen MR) is 89.2 cm³/mol. The third-order valence-electron chi connectivity index (χ3n) is 4.43. The first-order valence-electron chi connectivity index (χ1n) is 8.46. The fourth-order valence-corrected chi connectivity index (χ4v) is 2.81. The Morgan fingerprint density at radius 1 is 1.15 bits per heavy atom. The molecule has 0 aliphatic heterocycles. The molecular formula is C17H38N2O. The van der Waals surface area contributed by atoms with Gasteiger partial charge in [-0.3, -0.25) is 0 Å². The van der Waals surface area contributed by atoms with Gasteiger partial charge in [-0.1, -0.05) is 34.1 Å². The van der Waals surface area contributed by atoms with Crippen LogP contribution < -0.4 is 5.32 Å². The van der Waals surface area contributed by atoms with Gasteiger partial charge >= 0.3 is 0 Å². The maximum atomic E-state index is 9.40. The number of hydrogen-bond acceptors (Lipinski definition) is 3. The second-order valence-electron chi connectivity index (χ2n) is 6.78. The van der Waals surface area contributed by atoms with Gasteiger partial charge in [-0.05, 0) is 52.1 Å². The number of rotatable bonds is 12. The Labute approximate surface area is 127 Å². The maximum Gasteiger partial charge on any atom is 0.0610 e. The predicted octanol–water partition coefficient (Wildman–Crippen LogP) is 3.27. The summed E-state index contributed by atoms with van der Waals surface area (Å²) in [7, 11) is 1.94. The zero-order valence-corrected chi connectivity index (χ0v) is 14.7. The van der Waals surface area contributed by atoms with Crippen LogP contribution in [0.5, 0.6) is 0 Å². The van der Waals surface area contributed by atoms with Crippen LogP contribution in [0.3, 0.4) is 0 Å². The molecule has 0 aromatic heterocycles. The highest BCUT2D eigenvalue weighted by atomic mass is 16.3. The number of unbranched alkanes of at least 4 members (excludes halogenated alkanes) is 1. The molecule has 3 heteroatoms. The van der Waals surface area contributed by atoms with Crippen molar-refractivity contribution in [2.45, 2.75) is 78.3 Å². The Balaban J connectivity index is 4.20. The van der Waals surface area contributed by atoms with Crippen LogP contribution in [0.25, 0.3) is 0 Å². The molecule has 3 nitrogen and oxygen atoms in total. The van der Waals surface area contributed by atoms with Crippen molar-refractivity contribution in [3.63, 3.8) is 0 Å². The van der Waals surface area contributed by atoms with E-state index in [0.717, 1.165) is 18.4 Å². The van der Waals surface area contributed by atoms with Crippen LogP contribution in [-0.2, 0) is 0 Å². The zero-order chi connectivity index (χ0) is 15.6. The molecule has 122 valence electrons. The van der Waals surface area contributed by atoms with Crippen LogP contribution in [0.2, 0.25) is 0 Å². The molecule has 0 spiro atoms. The zero-order valence-electron chi connectivity index (χ0n) is 14.7. The molecule has 0 saturated heterocycles. The lowest BCUT2D eigenvalue weighted by molar-refractivity contribution is 0.150. The molecular weight excluding hydrogens is 248 g/mol. The summed E-state index contributed by atoms with van der Waals surface area (Å²) in [6.07, 6.45) is 5.92. The molecule has 0 saturated carbocycles. The average molecular weight is 287 g/mol. The lowest BCUT2D eigenvalue weighted by Crippen LogP contribution is -2.43. The summed E-state index contributed by atoms with van der Waals surface area (Å²) in [5.41, 5.74) is -0.113. The van der Waals surface area contributed by atoms with Gasteiger partial charge in [0.15, 0.2) is 0 Å². The van der Waals surface area contributed by atoms with Gasteiger partial charge in [0.05, 0.1) is 6.61 Å². The van der Waals surface area contributed by atoms with E-state index in [0.29, 0.717) is 0 Å². The van der Waals surface area contributed by atoms with Gasteiger partial charge in [0.25, 0.3) is 0 Å². The van der Waals surface area contributed by atoms with Gasteiger partial charge in [-0.25, -0.2) is 0 Å². The van der Waals surface area contributed by atoms with E-state index in [4.69, 9.17) is 0 Å². The number of likely N-dealkylation sites (N-methyl/N-ethyl adjacent to an activating group) is 1. The van der Waals surface area contributed by atoms with Crippen molar-refractivity contribution in [3.8, 4) is 0 Å². The number of aliphatic hydroxyl groups excluding tert-OH is 1. The third-order valence-corrected chi connectivity index (χ3v) is 4.43. The quantitative estimate of drug-likeness (QED) is 0.541. The van der Waals surface area contributed by atoms with Crippen molar-refractivity contribution in [3.05, 3.63) is 0 Å². The Morgan fingerprint density at radius 2 is 1.75 bits per heavy atom. The smallest absolute Gasteiger partial charge is 0.0610 e. The maximum absolute atomic E-state index is 9.40. The van der Waals surface area contributed by atoms with Crippen LogP contribution in [0, 0.1) is 5.92 Å². The average Bonchev–Trinajstić information content (AvgIpc) is 2.43. The molecule has 0 aliphatic rings. The Morgan fingerprint density at radius 3 is 2.15 bits per heavy atom. The molecule has 0 aromatic carbocycles. The molecule has 1 atom stereocenters. The Kier molecular flexibility index (Phi) is 10.5. The number of nitrogens with one attached hydrogen (secondary N) is 1. The van der Waals surface area contributed by atoms with E-state index in [1.807, 2.05) is 7.05 Å². The van der Waals surface area contributed by atoms with Crippen LogP contribution >= 0.6 is 0 Å². The summed E-state index contributed by atoms with van der Waals surface area (Å²) in [5.74, 6) is 0.732.